The molecule has 7 heteroatoms. The smallest absolute Gasteiger partial charge is 0.257 e. The van der Waals surface area contributed by atoms with Crippen LogP contribution in [0.1, 0.15) is 10.4 Å². The maximum Gasteiger partial charge on any atom is 0.257 e. The van der Waals surface area contributed by atoms with Gasteiger partial charge < -0.3 is 9.80 Å². The summed E-state index contributed by atoms with van der Waals surface area (Å²) in [6.07, 6.45) is 6.68. The van der Waals surface area contributed by atoms with Crippen LogP contribution in [0.25, 0.3) is 0 Å². The maximum absolute atomic E-state index is 12.6. The fraction of sp³-hybridized carbons (Fsp3) is 0.375. The van der Waals surface area contributed by atoms with Crippen molar-refractivity contribution in [3.63, 3.8) is 0 Å². The number of anilines is 1. The van der Waals surface area contributed by atoms with Crippen LogP contribution in [0.2, 0.25) is 0 Å². The first-order valence-corrected chi connectivity index (χ1v) is 7.63. The summed E-state index contributed by atoms with van der Waals surface area (Å²) in [7, 11) is 1.78. The molecular formula is C16H17N5O2. The van der Waals surface area contributed by atoms with Gasteiger partial charge in [-0.15, -0.1) is 0 Å². The van der Waals surface area contributed by atoms with Gasteiger partial charge in [-0.05, 0) is 12.1 Å². The first kappa shape index (κ1) is 13.9. The van der Waals surface area contributed by atoms with Crippen LogP contribution in [0.4, 0.5) is 5.69 Å². The zero-order valence-electron chi connectivity index (χ0n) is 12.8. The summed E-state index contributed by atoms with van der Waals surface area (Å²) in [5.74, 6) is 0.108. The Labute approximate surface area is 133 Å². The summed E-state index contributed by atoms with van der Waals surface area (Å²) in [4.78, 5) is 32.8. The molecule has 0 radical (unpaired) electrons. The molecule has 0 spiro atoms. The van der Waals surface area contributed by atoms with E-state index in [0.717, 1.165) is 5.69 Å². The van der Waals surface area contributed by atoms with E-state index in [-0.39, 0.29) is 23.7 Å². The van der Waals surface area contributed by atoms with Crippen LogP contribution in [0.5, 0.6) is 0 Å². The molecule has 2 aromatic heterocycles. The summed E-state index contributed by atoms with van der Waals surface area (Å²) >= 11 is 0. The van der Waals surface area contributed by atoms with Gasteiger partial charge in [-0.2, -0.15) is 5.10 Å². The third-order valence-corrected chi connectivity index (χ3v) is 4.64. The molecule has 2 fully saturated rings. The van der Waals surface area contributed by atoms with Gasteiger partial charge in [0.2, 0.25) is 5.91 Å². The number of amides is 2. The number of aromatic nitrogens is 3. The molecule has 118 valence electrons. The summed E-state index contributed by atoms with van der Waals surface area (Å²) < 4.78 is 1.61. The van der Waals surface area contributed by atoms with Crippen molar-refractivity contribution in [1.82, 2.24) is 19.7 Å². The molecule has 2 aliphatic rings. The SMILES string of the molecule is Cn1cc(C(=O)N2C[C@@H]3CN(c4cccnc4)C(=O)[C@@H]3C2)cn1. The Kier molecular flexibility index (Phi) is 3.14. The molecule has 2 amide bonds. The van der Waals surface area contributed by atoms with E-state index >= 15 is 0 Å². The second-order valence-corrected chi connectivity index (χ2v) is 6.14. The van der Waals surface area contributed by atoms with Crippen molar-refractivity contribution in [2.45, 2.75) is 0 Å². The summed E-state index contributed by atoms with van der Waals surface area (Å²) in [5.41, 5.74) is 1.40. The second kappa shape index (κ2) is 5.19. The van der Waals surface area contributed by atoms with Gasteiger partial charge in [0.1, 0.15) is 0 Å². The van der Waals surface area contributed by atoms with Crippen molar-refractivity contribution in [3.05, 3.63) is 42.5 Å². The summed E-state index contributed by atoms with van der Waals surface area (Å²) in [6, 6.07) is 3.72. The van der Waals surface area contributed by atoms with Crippen molar-refractivity contribution >= 4 is 17.5 Å². The highest BCUT2D eigenvalue weighted by Gasteiger charge is 2.48. The molecule has 4 heterocycles. The average Bonchev–Trinajstić information content (AvgIpc) is 3.24. The zero-order chi connectivity index (χ0) is 16.0. The molecule has 2 atom stereocenters. The first-order chi connectivity index (χ1) is 11.1. The molecule has 2 aliphatic heterocycles. The van der Waals surface area contributed by atoms with Crippen LogP contribution in [0.3, 0.4) is 0 Å². The minimum atomic E-state index is -0.115. The number of aryl methyl sites for hydroxylation is 1. The Morgan fingerprint density at radius 2 is 2.13 bits per heavy atom. The summed E-state index contributed by atoms with van der Waals surface area (Å²) in [6.45, 7) is 1.74. The van der Waals surface area contributed by atoms with Gasteiger partial charge in [0.25, 0.3) is 5.91 Å². The molecule has 0 unspecified atom stereocenters. The van der Waals surface area contributed by atoms with Crippen molar-refractivity contribution in [2.75, 3.05) is 24.5 Å². The van der Waals surface area contributed by atoms with Gasteiger partial charge in [0.15, 0.2) is 0 Å². The second-order valence-electron chi connectivity index (χ2n) is 6.14. The lowest BCUT2D eigenvalue weighted by molar-refractivity contribution is -0.120. The van der Waals surface area contributed by atoms with Crippen molar-refractivity contribution in [3.8, 4) is 0 Å². The van der Waals surface area contributed by atoms with E-state index < -0.39 is 0 Å². The third-order valence-electron chi connectivity index (χ3n) is 4.64. The minimum Gasteiger partial charge on any atom is -0.337 e. The molecule has 2 aromatic rings. The fourth-order valence-electron chi connectivity index (χ4n) is 3.49. The standard InChI is InChI=1S/C16H17N5O2/c1-19-7-11(5-18-19)15(22)20-8-12-9-21(16(23)14(12)10-20)13-3-2-4-17-6-13/h2-7,12,14H,8-10H2,1H3/t12-,14-/m1/s1. The van der Waals surface area contributed by atoms with E-state index in [1.165, 1.54) is 0 Å². The number of carbonyl (C=O) groups is 2. The lowest BCUT2D eigenvalue weighted by Gasteiger charge is -2.21. The normalized spacial score (nSPS) is 23.4. The van der Waals surface area contributed by atoms with Gasteiger partial charge in [0.05, 0.1) is 29.6 Å². The Morgan fingerprint density at radius 3 is 2.78 bits per heavy atom. The molecule has 2 saturated heterocycles. The molecule has 23 heavy (non-hydrogen) atoms. The third kappa shape index (κ3) is 2.28. The lowest BCUT2D eigenvalue weighted by Crippen LogP contribution is -2.35. The van der Waals surface area contributed by atoms with E-state index in [9.17, 15) is 9.59 Å². The van der Waals surface area contributed by atoms with Gasteiger partial charge in [-0.3, -0.25) is 19.3 Å². The topological polar surface area (TPSA) is 71.3 Å². The number of rotatable bonds is 2. The van der Waals surface area contributed by atoms with Crippen LogP contribution in [0.15, 0.2) is 36.9 Å². The Balaban J connectivity index is 1.49. The molecule has 7 nitrogen and oxygen atoms in total. The van der Waals surface area contributed by atoms with Crippen LogP contribution < -0.4 is 4.90 Å². The van der Waals surface area contributed by atoms with Crippen LogP contribution in [0, 0.1) is 11.8 Å². The minimum absolute atomic E-state index is 0.0479. The first-order valence-electron chi connectivity index (χ1n) is 7.63. The van der Waals surface area contributed by atoms with Crippen molar-refractivity contribution in [2.24, 2.45) is 18.9 Å². The molecule has 0 N–H and O–H groups in total. The largest absolute Gasteiger partial charge is 0.337 e. The van der Waals surface area contributed by atoms with Crippen LogP contribution >= 0.6 is 0 Å². The monoisotopic (exact) mass is 311 g/mol. The van der Waals surface area contributed by atoms with E-state index in [2.05, 4.69) is 10.1 Å². The van der Waals surface area contributed by atoms with Crippen molar-refractivity contribution in [1.29, 1.82) is 0 Å². The Morgan fingerprint density at radius 1 is 1.26 bits per heavy atom. The van der Waals surface area contributed by atoms with Gasteiger partial charge in [0, 0.05) is 45.0 Å². The zero-order valence-corrected chi connectivity index (χ0v) is 12.8. The molecule has 0 aliphatic carbocycles. The molecule has 0 saturated carbocycles. The number of hydrogen-bond donors (Lipinski definition) is 0. The fourth-order valence-corrected chi connectivity index (χ4v) is 3.49. The molecule has 0 bridgehead atoms. The Bertz CT molecular complexity index is 757. The van der Waals surface area contributed by atoms with Gasteiger partial charge in [-0.25, -0.2) is 0 Å². The summed E-state index contributed by atoms with van der Waals surface area (Å²) in [5, 5.41) is 4.04. The number of nitrogens with zero attached hydrogens (tertiary/aromatic N) is 5. The van der Waals surface area contributed by atoms with E-state index in [4.69, 9.17) is 0 Å². The van der Waals surface area contributed by atoms with E-state index in [1.54, 1.807) is 46.3 Å². The van der Waals surface area contributed by atoms with Gasteiger partial charge >= 0.3 is 0 Å². The van der Waals surface area contributed by atoms with Crippen molar-refractivity contribution < 1.29 is 9.59 Å². The van der Waals surface area contributed by atoms with Crippen LogP contribution in [-0.4, -0.2) is 51.1 Å². The molecule has 4 rings (SSSR count). The molecular weight excluding hydrogens is 294 g/mol. The number of pyridine rings is 1. The highest BCUT2D eigenvalue weighted by molar-refractivity contribution is 5.99. The number of carbonyl (C=O) groups excluding carboxylic acids is 2. The lowest BCUT2D eigenvalue weighted by atomic mass is 10.0. The average molecular weight is 311 g/mol. The predicted molar refractivity (Wildman–Crippen MR) is 82.7 cm³/mol. The number of fused-ring (bicyclic) bond motifs is 1. The maximum atomic E-state index is 12.6. The highest BCUT2D eigenvalue weighted by Crippen LogP contribution is 2.35. The van der Waals surface area contributed by atoms with Crippen LogP contribution in [-0.2, 0) is 11.8 Å². The Hall–Kier alpha value is -2.70. The number of hydrogen-bond acceptors (Lipinski definition) is 4. The van der Waals surface area contributed by atoms with E-state index in [1.807, 2.05) is 12.1 Å². The van der Waals surface area contributed by atoms with E-state index in [0.29, 0.717) is 25.2 Å². The quantitative estimate of drug-likeness (QED) is 0.812. The highest BCUT2D eigenvalue weighted by atomic mass is 16.2. The number of likely N-dealkylation sites (tertiary alicyclic amines) is 1. The van der Waals surface area contributed by atoms with Gasteiger partial charge in [-0.1, -0.05) is 0 Å². The predicted octanol–water partition coefficient (Wildman–Crippen LogP) is 0.550. The molecule has 0 aromatic carbocycles.